The van der Waals surface area contributed by atoms with Crippen LogP contribution in [-0.2, 0) is 15.9 Å². The summed E-state index contributed by atoms with van der Waals surface area (Å²) < 4.78 is 12.3. The number of aliphatic hydroxyl groups is 1. The first-order chi connectivity index (χ1) is 9.64. The molecule has 2 atom stereocenters. The molecule has 0 bridgehead atoms. The quantitative estimate of drug-likeness (QED) is 0.872. The van der Waals surface area contributed by atoms with Gasteiger partial charge in [-0.15, -0.1) is 0 Å². The van der Waals surface area contributed by atoms with Gasteiger partial charge in [0.2, 0.25) is 0 Å². The summed E-state index contributed by atoms with van der Waals surface area (Å²) in [6.45, 7) is 4.24. The predicted molar refractivity (Wildman–Crippen MR) is 79.9 cm³/mol. The average Bonchev–Trinajstić information content (AvgIpc) is 2.81. The molecule has 1 aliphatic rings. The highest BCUT2D eigenvalue weighted by atomic mass is 35.5. The van der Waals surface area contributed by atoms with Crippen LogP contribution in [0.4, 0.5) is 0 Å². The number of ether oxygens (including phenoxy) is 2. The molecule has 1 aliphatic heterocycles. The van der Waals surface area contributed by atoms with Gasteiger partial charge in [-0.2, -0.15) is 0 Å². The van der Waals surface area contributed by atoms with E-state index in [1.807, 2.05) is 24.3 Å². The summed E-state index contributed by atoms with van der Waals surface area (Å²) in [7, 11) is 0. The topological polar surface area (TPSA) is 38.7 Å². The summed E-state index contributed by atoms with van der Waals surface area (Å²) in [6.07, 6.45) is 2.80. The van der Waals surface area contributed by atoms with Crippen molar-refractivity contribution in [3.8, 4) is 0 Å². The van der Waals surface area contributed by atoms with Crippen LogP contribution in [0.2, 0.25) is 5.02 Å². The van der Waals surface area contributed by atoms with E-state index in [-0.39, 0.29) is 18.8 Å². The van der Waals surface area contributed by atoms with Gasteiger partial charge in [0.25, 0.3) is 0 Å². The Kier molecular flexibility index (Phi) is 5.44. The molecule has 1 fully saturated rings. The lowest BCUT2D eigenvalue weighted by atomic mass is 10.0. The summed E-state index contributed by atoms with van der Waals surface area (Å²) in [5.41, 5.74) is 1.06. The van der Waals surface area contributed by atoms with Crippen molar-refractivity contribution < 1.29 is 14.6 Å². The molecule has 0 unspecified atom stereocenters. The second kappa shape index (κ2) is 6.90. The molecule has 1 saturated heterocycles. The van der Waals surface area contributed by atoms with Crippen LogP contribution in [0.1, 0.15) is 38.7 Å². The Bertz CT molecular complexity index is 431. The van der Waals surface area contributed by atoms with Crippen molar-refractivity contribution in [2.75, 3.05) is 6.61 Å². The fourth-order valence-electron chi connectivity index (χ4n) is 2.74. The molecule has 0 radical (unpaired) electrons. The molecule has 0 saturated carbocycles. The lowest BCUT2D eigenvalue weighted by Gasteiger charge is -2.25. The van der Waals surface area contributed by atoms with Gasteiger partial charge in [-0.3, -0.25) is 0 Å². The molecule has 1 aromatic carbocycles. The monoisotopic (exact) mass is 298 g/mol. The summed E-state index contributed by atoms with van der Waals surface area (Å²) in [5, 5.41) is 9.97. The standard InChI is InChI=1S/C16H23ClO3/c1-3-16(4-2)19-14(9-10-18)15(20-16)11-12-7-5-6-8-13(12)17/h5-8,14-15,18H,3-4,9-11H2,1-2H3/t14-,15-/m0/s1. The van der Waals surface area contributed by atoms with Crippen LogP contribution in [0.15, 0.2) is 24.3 Å². The average molecular weight is 299 g/mol. The predicted octanol–water partition coefficient (Wildman–Crippen LogP) is 3.57. The minimum absolute atomic E-state index is 0.0538. The summed E-state index contributed by atoms with van der Waals surface area (Å²) in [5.74, 6) is -0.508. The molecule has 2 rings (SSSR count). The Morgan fingerprint density at radius 1 is 1.15 bits per heavy atom. The van der Waals surface area contributed by atoms with Gasteiger partial charge in [-0.25, -0.2) is 0 Å². The van der Waals surface area contributed by atoms with Gasteiger partial charge < -0.3 is 14.6 Å². The number of halogens is 1. The third kappa shape index (κ3) is 3.34. The Hall–Kier alpha value is -0.610. The third-order valence-electron chi connectivity index (χ3n) is 4.02. The SMILES string of the molecule is CCC1(CC)O[C@@H](CCO)[C@H](Cc2ccccc2Cl)O1. The number of benzene rings is 1. The van der Waals surface area contributed by atoms with Crippen LogP contribution in [0.3, 0.4) is 0 Å². The third-order valence-corrected chi connectivity index (χ3v) is 4.39. The molecular weight excluding hydrogens is 276 g/mol. The van der Waals surface area contributed by atoms with Gasteiger partial charge in [-0.1, -0.05) is 43.6 Å². The smallest absolute Gasteiger partial charge is 0.168 e. The second-order valence-corrected chi connectivity index (χ2v) is 5.65. The maximum Gasteiger partial charge on any atom is 0.168 e. The minimum Gasteiger partial charge on any atom is -0.396 e. The number of aliphatic hydroxyl groups excluding tert-OH is 1. The Morgan fingerprint density at radius 3 is 2.40 bits per heavy atom. The van der Waals surface area contributed by atoms with Gasteiger partial charge in [0, 0.05) is 18.1 Å². The first-order valence-electron chi connectivity index (χ1n) is 7.34. The minimum atomic E-state index is -0.508. The fraction of sp³-hybridized carbons (Fsp3) is 0.625. The molecule has 3 nitrogen and oxygen atoms in total. The molecule has 0 spiro atoms. The van der Waals surface area contributed by atoms with E-state index in [2.05, 4.69) is 13.8 Å². The van der Waals surface area contributed by atoms with E-state index in [1.54, 1.807) is 0 Å². The number of rotatable bonds is 6. The van der Waals surface area contributed by atoms with E-state index in [1.165, 1.54) is 0 Å². The maximum atomic E-state index is 9.22. The fourth-order valence-corrected chi connectivity index (χ4v) is 2.95. The van der Waals surface area contributed by atoms with Gasteiger partial charge in [0.05, 0.1) is 12.2 Å². The van der Waals surface area contributed by atoms with Crippen molar-refractivity contribution in [1.29, 1.82) is 0 Å². The summed E-state index contributed by atoms with van der Waals surface area (Å²) in [4.78, 5) is 0. The highest BCUT2D eigenvalue weighted by Gasteiger charge is 2.44. The maximum absolute atomic E-state index is 9.22. The molecule has 20 heavy (non-hydrogen) atoms. The molecule has 1 aromatic rings. The Morgan fingerprint density at radius 2 is 1.80 bits per heavy atom. The summed E-state index contributed by atoms with van der Waals surface area (Å²) in [6, 6.07) is 7.80. The highest BCUT2D eigenvalue weighted by Crippen LogP contribution is 2.37. The van der Waals surface area contributed by atoms with Crippen LogP contribution in [0, 0.1) is 0 Å². The van der Waals surface area contributed by atoms with Gasteiger partial charge in [0.15, 0.2) is 5.79 Å². The zero-order chi connectivity index (χ0) is 14.6. The molecule has 0 aliphatic carbocycles. The van der Waals surface area contributed by atoms with Crippen molar-refractivity contribution in [1.82, 2.24) is 0 Å². The van der Waals surface area contributed by atoms with Crippen molar-refractivity contribution in [2.24, 2.45) is 0 Å². The molecular formula is C16H23ClO3. The first-order valence-corrected chi connectivity index (χ1v) is 7.71. The zero-order valence-electron chi connectivity index (χ0n) is 12.1. The largest absolute Gasteiger partial charge is 0.396 e. The lowest BCUT2D eigenvalue weighted by molar-refractivity contribution is -0.179. The van der Waals surface area contributed by atoms with Crippen LogP contribution in [0.5, 0.6) is 0 Å². The first kappa shape index (κ1) is 15.8. The van der Waals surface area contributed by atoms with Crippen LogP contribution in [-0.4, -0.2) is 29.7 Å². The van der Waals surface area contributed by atoms with E-state index in [4.69, 9.17) is 21.1 Å². The number of hydrogen-bond acceptors (Lipinski definition) is 3. The number of hydrogen-bond donors (Lipinski definition) is 1. The van der Waals surface area contributed by atoms with Crippen LogP contribution in [0.25, 0.3) is 0 Å². The molecule has 4 heteroatoms. The van der Waals surface area contributed by atoms with E-state index in [0.717, 1.165) is 23.4 Å². The van der Waals surface area contributed by atoms with Crippen molar-refractivity contribution >= 4 is 11.6 Å². The van der Waals surface area contributed by atoms with Gasteiger partial charge in [-0.05, 0) is 30.9 Å². The zero-order valence-corrected chi connectivity index (χ0v) is 12.9. The lowest BCUT2D eigenvalue weighted by Crippen LogP contribution is -2.29. The second-order valence-electron chi connectivity index (χ2n) is 5.24. The normalized spacial score (nSPS) is 25.0. The van der Waals surface area contributed by atoms with E-state index in [9.17, 15) is 5.11 Å². The van der Waals surface area contributed by atoms with Crippen LogP contribution >= 0.6 is 11.6 Å². The van der Waals surface area contributed by atoms with Crippen molar-refractivity contribution in [2.45, 2.75) is 57.5 Å². The molecule has 1 N–H and O–H groups in total. The van der Waals surface area contributed by atoms with Crippen LogP contribution < -0.4 is 0 Å². The van der Waals surface area contributed by atoms with E-state index in [0.29, 0.717) is 12.8 Å². The van der Waals surface area contributed by atoms with Crippen molar-refractivity contribution in [3.63, 3.8) is 0 Å². The van der Waals surface area contributed by atoms with Gasteiger partial charge >= 0.3 is 0 Å². The van der Waals surface area contributed by atoms with E-state index >= 15 is 0 Å². The Labute approximate surface area is 125 Å². The Balaban J connectivity index is 2.14. The van der Waals surface area contributed by atoms with E-state index < -0.39 is 5.79 Å². The molecule has 0 amide bonds. The molecule has 1 heterocycles. The van der Waals surface area contributed by atoms with Gasteiger partial charge in [0.1, 0.15) is 0 Å². The molecule has 0 aromatic heterocycles. The summed E-state index contributed by atoms with van der Waals surface area (Å²) >= 11 is 6.22. The highest BCUT2D eigenvalue weighted by molar-refractivity contribution is 6.31. The molecule has 112 valence electrons. The van der Waals surface area contributed by atoms with Crippen molar-refractivity contribution in [3.05, 3.63) is 34.9 Å².